The van der Waals surface area contributed by atoms with Crippen molar-refractivity contribution in [1.29, 1.82) is 0 Å². The molecule has 0 spiro atoms. The standard InChI is InChI=1S/C60H114N4O6/c1-8-14-29-39-55(11-4)68-58(65)42-32-23-17-20-26-35-47-62(48-36-27-21-18-24-33-43-59(66)69-56(12-5)40-30-15-9-2)50-38-51-63(52-53-64-54(7)45-46-61-64)49-37-28-22-19-25-34-44-60(67)70-57(13-6)41-31-16-10-3/h45-46,55-57H,8-44,47-53H2,1-7H3. The van der Waals surface area contributed by atoms with Crippen LogP contribution in [0.25, 0.3) is 0 Å². The number of hydrogen-bond donors (Lipinski definition) is 0. The molecule has 3 unspecified atom stereocenters. The summed E-state index contributed by atoms with van der Waals surface area (Å²) in [6.07, 6.45) is 42.2. The van der Waals surface area contributed by atoms with E-state index in [0.717, 1.165) is 142 Å². The first-order chi connectivity index (χ1) is 34.2. The first-order valence-corrected chi connectivity index (χ1v) is 30.2. The normalized spacial score (nSPS) is 13.0. The number of esters is 3. The van der Waals surface area contributed by atoms with Crippen molar-refractivity contribution in [1.82, 2.24) is 19.6 Å². The SMILES string of the molecule is CCCCCC(CC)OC(=O)CCCCCCCCN(CCCCCCCCC(=O)OC(CC)CCCCC)CCCN(CCCCCCCCC(=O)OC(CC)CCCCC)CCn1nccc1C. The van der Waals surface area contributed by atoms with Gasteiger partial charge in [-0.15, -0.1) is 0 Å². The van der Waals surface area contributed by atoms with Crippen LogP contribution >= 0.6 is 0 Å². The highest BCUT2D eigenvalue weighted by Gasteiger charge is 2.15. The summed E-state index contributed by atoms with van der Waals surface area (Å²) in [4.78, 5) is 42.8. The summed E-state index contributed by atoms with van der Waals surface area (Å²) in [6, 6.07) is 2.10. The number of rotatable bonds is 52. The van der Waals surface area contributed by atoms with Crippen molar-refractivity contribution < 1.29 is 28.6 Å². The summed E-state index contributed by atoms with van der Waals surface area (Å²) in [6.45, 7) is 22.8. The van der Waals surface area contributed by atoms with Gasteiger partial charge < -0.3 is 24.0 Å². The Labute approximate surface area is 432 Å². The van der Waals surface area contributed by atoms with E-state index in [1.807, 2.05) is 6.20 Å². The third-order valence-corrected chi connectivity index (χ3v) is 14.5. The summed E-state index contributed by atoms with van der Waals surface area (Å²) in [5.41, 5.74) is 1.22. The minimum atomic E-state index is -0.00825. The second kappa shape index (κ2) is 47.5. The quantitative estimate of drug-likeness (QED) is 0.0359. The summed E-state index contributed by atoms with van der Waals surface area (Å²) in [5, 5.41) is 4.59. The van der Waals surface area contributed by atoms with Gasteiger partial charge in [-0.3, -0.25) is 19.1 Å². The fourth-order valence-corrected chi connectivity index (χ4v) is 9.63. The molecule has 0 aliphatic rings. The Kier molecular flexibility index (Phi) is 44.5. The van der Waals surface area contributed by atoms with E-state index < -0.39 is 0 Å². The van der Waals surface area contributed by atoms with Crippen LogP contribution in [0.2, 0.25) is 0 Å². The Morgan fingerprint density at radius 2 is 0.743 bits per heavy atom. The number of aryl methyl sites for hydroxylation is 1. The zero-order valence-corrected chi connectivity index (χ0v) is 47.2. The van der Waals surface area contributed by atoms with Crippen LogP contribution in [0.4, 0.5) is 0 Å². The van der Waals surface area contributed by atoms with Crippen LogP contribution in [0.1, 0.15) is 285 Å². The van der Waals surface area contributed by atoms with Gasteiger partial charge in [0.25, 0.3) is 0 Å². The zero-order valence-electron chi connectivity index (χ0n) is 47.2. The van der Waals surface area contributed by atoms with E-state index in [2.05, 4.69) is 74.1 Å². The molecule has 10 heteroatoms. The monoisotopic (exact) mass is 987 g/mol. The predicted octanol–water partition coefficient (Wildman–Crippen LogP) is 16.1. The highest BCUT2D eigenvalue weighted by atomic mass is 16.6. The lowest BCUT2D eigenvalue weighted by Crippen LogP contribution is -2.34. The zero-order chi connectivity index (χ0) is 51.1. The maximum atomic E-state index is 12.5. The molecule has 0 N–H and O–H groups in total. The molecule has 0 aromatic carbocycles. The van der Waals surface area contributed by atoms with Crippen LogP contribution in [0, 0.1) is 6.92 Å². The van der Waals surface area contributed by atoms with Crippen molar-refractivity contribution in [3.63, 3.8) is 0 Å². The van der Waals surface area contributed by atoms with Gasteiger partial charge in [-0.1, -0.05) is 157 Å². The number of nitrogens with zero attached hydrogens (tertiary/aromatic N) is 4. The molecule has 0 saturated carbocycles. The van der Waals surface area contributed by atoms with Gasteiger partial charge in [0.2, 0.25) is 0 Å². The van der Waals surface area contributed by atoms with Crippen LogP contribution < -0.4 is 0 Å². The van der Waals surface area contributed by atoms with E-state index in [0.29, 0.717) is 19.3 Å². The van der Waals surface area contributed by atoms with E-state index in [1.165, 1.54) is 128 Å². The summed E-state index contributed by atoms with van der Waals surface area (Å²) < 4.78 is 19.5. The van der Waals surface area contributed by atoms with Crippen molar-refractivity contribution in [3.8, 4) is 0 Å². The van der Waals surface area contributed by atoms with Crippen molar-refractivity contribution in [2.45, 2.75) is 311 Å². The minimum absolute atomic E-state index is 0.00656. The molecule has 70 heavy (non-hydrogen) atoms. The Morgan fingerprint density at radius 3 is 1.06 bits per heavy atom. The van der Waals surface area contributed by atoms with Gasteiger partial charge >= 0.3 is 17.9 Å². The van der Waals surface area contributed by atoms with Crippen molar-refractivity contribution >= 4 is 17.9 Å². The molecule has 0 radical (unpaired) electrons. The summed E-state index contributed by atoms with van der Waals surface area (Å²) >= 11 is 0. The number of carbonyl (C=O) groups excluding carboxylic acids is 3. The van der Waals surface area contributed by atoms with Crippen LogP contribution in [-0.4, -0.2) is 95.1 Å². The molecule has 0 aliphatic carbocycles. The molecule has 0 saturated heterocycles. The van der Waals surface area contributed by atoms with Crippen molar-refractivity contribution in [3.05, 3.63) is 18.0 Å². The van der Waals surface area contributed by atoms with Gasteiger partial charge in [0.15, 0.2) is 0 Å². The summed E-state index contributed by atoms with van der Waals surface area (Å²) in [7, 11) is 0. The van der Waals surface area contributed by atoms with Gasteiger partial charge in [0.1, 0.15) is 18.3 Å². The molecule has 1 rings (SSSR count). The number of hydrogen-bond acceptors (Lipinski definition) is 9. The van der Waals surface area contributed by atoms with Crippen LogP contribution in [0.15, 0.2) is 12.3 Å². The van der Waals surface area contributed by atoms with E-state index in [4.69, 9.17) is 14.2 Å². The van der Waals surface area contributed by atoms with Crippen LogP contribution in [0.3, 0.4) is 0 Å². The Balaban J connectivity index is 2.59. The molecule has 3 atom stereocenters. The molecular formula is C60H114N4O6. The van der Waals surface area contributed by atoms with Gasteiger partial charge in [-0.25, -0.2) is 0 Å². The predicted molar refractivity (Wildman–Crippen MR) is 294 cm³/mol. The Bertz CT molecular complexity index is 1290. The average Bonchev–Trinajstić information content (AvgIpc) is 3.77. The van der Waals surface area contributed by atoms with Gasteiger partial charge in [-0.2, -0.15) is 5.10 Å². The lowest BCUT2D eigenvalue weighted by molar-refractivity contribution is -0.150. The maximum absolute atomic E-state index is 12.5. The van der Waals surface area contributed by atoms with E-state index in [1.54, 1.807) is 0 Å². The average molecular weight is 988 g/mol. The lowest BCUT2D eigenvalue weighted by atomic mass is 10.1. The number of aromatic nitrogens is 2. The molecule has 1 aromatic rings. The second-order valence-corrected chi connectivity index (χ2v) is 20.9. The summed E-state index contributed by atoms with van der Waals surface area (Å²) in [5.74, 6) is -0.0214. The second-order valence-electron chi connectivity index (χ2n) is 20.9. The van der Waals surface area contributed by atoms with E-state index in [9.17, 15) is 14.4 Å². The van der Waals surface area contributed by atoms with E-state index in [-0.39, 0.29) is 36.2 Å². The molecule has 0 fully saturated rings. The fraction of sp³-hybridized carbons (Fsp3) is 0.900. The molecule has 1 aromatic heterocycles. The third-order valence-electron chi connectivity index (χ3n) is 14.5. The van der Waals surface area contributed by atoms with Gasteiger partial charge in [0, 0.05) is 37.7 Å². The smallest absolute Gasteiger partial charge is 0.306 e. The van der Waals surface area contributed by atoms with Gasteiger partial charge in [0.05, 0.1) is 6.54 Å². The maximum Gasteiger partial charge on any atom is 0.306 e. The molecule has 0 amide bonds. The van der Waals surface area contributed by atoms with Crippen LogP contribution in [0.5, 0.6) is 0 Å². The first kappa shape index (κ1) is 65.6. The minimum Gasteiger partial charge on any atom is -0.462 e. The Hall–Kier alpha value is -2.46. The lowest BCUT2D eigenvalue weighted by Gasteiger charge is -2.26. The number of unbranched alkanes of at least 4 members (excludes halogenated alkanes) is 21. The van der Waals surface area contributed by atoms with E-state index >= 15 is 0 Å². The first-order valence-electron chi connectivity index (χ1n) is 30.2. The molecular weight excluding hydrogens is 873 g/mol. The molecule has 0 bridgehead atoms. The molecule has 0 aliphatic heterocycles. The topological polar surface area (TPSA) is 103 Å². The molecule has 10 nitrogen and oxygen atoms in total. The number of ether oxygens (including phenoxy) is 3. The van der Waals surface area contributed by atoms with Crippen molar-refractivity contribution in [2.24, 2.45) is 0 Å². The molecule has 1 heterocycles. The van der Waals surface area contributed by atoms with Crippen LogP contribution in [-0.2, 0) is 35.1 Å². The third kappa shape index (κ3) is 38.2. The molecule has 410 valence electrons. The van der Waals surface area contributed by atoms with Crippen molar-refractivity contribution in [2.75, 3.05) is 39.3 Å². The highest BCUT2D eigenvalue weighted by molar-refractivity contribution is 5.70. The Morgan fingerprint density at radius 1 is 0.429 bits per heavy atom. The number of carbonyl (C=O) groups is 3. The highest BCUT2D eigenvalue weighted by Crippen LogP contribution is 2.18. The van der Waals surface area contributed by atoms with Gasteiger partial charge in [-0.05, 0) is 148 Å². The fourth-order valence-electron chi connectivity index (χ4n) is 9.63. The largest absolute Gasteiger partial charge is 0.462 e.